The Hall–Kier alpha value is -1.61. The number of hydrogen-bond donors (Lipinski definition) is 0. The monoisotopic (exact) mass is 312 g/mol. The van der Waals surface area contributed by atoms with Crippen molar-refractivity contribution in [1.82, 2.24) is 0 Å². The zero-order valence-electron chi connectivity index (χ0n) is 13.9. The van der Waals surface area contributed by atoms with Crippen LogP contribution in [0.5, 0.6) is 5.75 Å². The molecule has 3 nitrogen and oxygen atoms in total. The quantitative estimate of drug-likeness (QED) is 0.480. The Labute approximate surface area is 137 Å². The van der Waals surface area contributed by atoms with Gasteiger partial charge < -0.3 is 9.47 Å². The molecule has 0 amide bonds. The van der Waals surface area contributed by atoms with Crippen LogP contribution < -0.4 is 4.74 Å². The largest absolute Gasteiger partial charge is 0.427 e. The maximum atomic E-state index is 11.3. The van der Waals surface area contributed by atoms with Crippen LogP contribution in [0.1, 0.15) is 44.6 Å². The van der Waals surface area contributed by atoms with Crippen molar-refractivity contribution < 1.29 is 14.3 Å². The highest BCUT2D eigenvalue weighted by atomic mass is 16.5. The van der Waals surface area contributed by atoms with Gasteiger partial charge in [-0.2, -0.15) is 0 Å². The van der Waals surface area contributed by atoms with Gasteiger partial charge in [0.15, 0.2) is 0 Å². The number of esters is 1. The fourth-order valence-electron chi connectivity index (χ4n) is 5.69. The third kappa shape index (κ3) is 2.09. The Kier molecular flexibility index (Phi) is 3.21. The summed E-state index contributed by atoms with van der Waals surface area (Å²) in [5.41, 5.74) is 2.30. The van der Waals surface area contributed by atoms with Crippen LogP contribution in [-0.2, 0) is 14.9 Å². The van der Waals surface area contributed by atoms with E-state index in [9.17, 15) is 4.79 Å². The van der Waals surface area contributed by atoms with Crippen molar-refractivity contribution >= 4 is 5.97 Å². The molecule has 23 heavy (non-hydrogen) atoms. The van der Waals surface area contributed by atoms with E-state index in [4.69, 9.17) is 9.47 Å². The van der Waals surface area contributed by atoms with Crippen molar-refractivity contribution in [2.45, 2.75) is 50.0 Å². The van der Waals surface area contributed by atoms with Crippen LogP contribution in [0.3, 0.4) is 0 Å². The van der Waals surface area contributed by atoms with E-state index in [1.165, 1.54) is 24.5 Å². The summed E-state index contributed by atoms with van der Waals surface area (Å²) in [6, 6.07) is 8.02. The van der Waals surface area contributed by atoms with Gasteiger partial charge in [0.2, 0.25) is 0 Å². The predicted molar refractivity (Wildman–Crippen MR) is 88.4 cm³/mol. The molecule has 0 spiro atoms. The molecular formula is C20H24O3. The minimum absolute atomic E-state index is 0.0176. The number of hydrogen-bond acceptors (Lipinski definition) is 3. The molecule has 0 heterocycles. The van der Waals surface area contributed by atoms with Gasteiger partial charge in [-0.25, -0.2) is 0 Å². The van der Waals surface area contributed by atoms with Gasteiger partial charge in [-0.15, -0.1) is 0 Å². The van der Waals surface area contributed by atoms with Crippen LogP contribution in [0.4, 0.5) is 0 Å². The van der Waals surface area contributed by atoms with Crippen molar-refractivity contribution in [3.63, 3.8) is 0 Å². The summed E-state index contributed by atoms with van der Waals surface area (Å²) in [6.45, 7) is 5.94. The standard InChI is InChI=1S/C20H24O3/c1-13-19(17-5-4-6-18(8-17)23-14(2)21)9-15-7-16(10-19)12-20(13,11-15)22-3/h4-6,8,15-16H,1,7,9-12H2,2-3H3. The van der Waals surface area contributed by atoms with Gasteiger partial charge in [-0.05, 0) is 67.2 Å². The van der Waals surface area contributed by atoms with Crippen molar-refractivity contribution in [3.05, 3.63) is 42.0 Å². The Morgan fingerprint density at radius 1 is 1.22 bits per heavy atom. The third-order valence-corrected chi connectivity index (χ3v) is 6.34. The molecule has 4 aliphatic carbocycles. The van der Waals surface area contributed by atoms with Crippen molar-refractivity contribution in [1.29, 1.82) is 0 Å². The number of rotatable bonds is 3. The lowest BCUT2D eigenvalue weighted by Crippen LogP contribution is -2.59. The second-order valence-electron chi connectivity index (χ2n) is 7.66. The van der Waals surface area contributed by atoms with E-state index in [0.717, 1.165) is 25.7 Å². The summed E-state index contributed by atoms with van der Waals surface area (Å²) in [6.07, 6.45) is 5.85. The number of carbonyl (C=O) groups excluding carboxylic acids is 1. The molecule has 2 atom stereocenters. The van der Waals surface area contributed by atoms with Crippen LogP contribution in [0.2, 0.25) is 0 Å². The van der Waals surface area contributed by atoms with Crippen molar-refractivity contribution in [3.8, 4) is 5.75 Å². The Morgan fingerprint density at radius 3 is 2.52 bits per heavy atom. The normalized spacial score (nSPS) is 37.9. The van der Waals surface area contributed by atoms with E-state index in [1.54, 1.807) is 0 Å². The van der Waals surface area contributed by atoms with E-state index >= 15 is 0 Å². The van der Waals surface area contributed by atoms with Gasteiger partial charge in [-0.1, -0.05) is 18.7 Å². The summed E-state index contributed by atoms with van der Waals surface area (Å²) >= 11 is 0. The fourth-order valence-corrected chi connectivity index (χ4v) is 5.69. The molecule has 122 valence electrons. The summed E-state index contributed by atoms with van der Waals surface area (Å²) in [7, 11) is 1.83. The van der Waals surface area contributed by atoms with E-state index in [1.807, 2.05) is 25.3 Å². The van der Waals surface area contributed by atoms with Crippen LogP contribution in [0, 0.1) is 11.8 Å². The van der Waals surface area contributed by atoms with Crippen LogP contribution in [-0.4, -0.2) is 18.7 Å². The maximum Gasteiger partial charge on any atom is 0.308 e. The lowest BCUT2D eigenvalue weighted by Gasteiger charge is -2.63. The first-order valence-corrected chi connectivity index (χ1v) is 8.51. The number of carbonyl (C=O) groups is 1. The van der Waals surface area contributed by atoms with Crippen LogP contribution >= 0.6 is 0 Å². The summed E-state index contributed by atoms with van der Waals surface area (Å²) in [5.74, 6) is 1.78. The fraction of sp³-hybridized carbons (Fsp3) is 0.550. The summed E-state index contributed by atoms with van der Waals surface area (Å²) < 4.78 is 11.3. The molecule has 4 aliphatic rings. The Balaban J connectivity index is 1.78. The smallest absolute Gasteiger partial charge is 0.308 e. The van der Waals surface area contributed by atoms with Crippen molar-refractivity contribution in [2.24, 2.45) is 11.8 Å². The molecular weight excluding hydrogens is 288 g/mol. The minimum atomic E-state index is -0.278. The van der Waals surface area contributed by atoms with E-state index < -0.39 is 0 Å². The average Bonchev–Trinajstić information content (AvgIpc) is 2.51. The molecule has 2 unspecified atom stereocenters. The van der Waals surface area contributed by atoms with Gasteiger partial charge >= 0.3 is 5.97 Å². The minimum Gasteiger partial charge on any atom is -0.427 e. The SMILES string of the molecule is C=C1C2(OC)CC3CC(C2)CC1(c1cccc(OC(C)=O)c1)C3. The Morgan fingerprint density at radius 2 is 1.91 bits per heavy atom. The molecule has 0 N–H and O–H groups in total. The number of methoxy groups -OCH3 is 1. The third-order valence-electron chi connectivity index (χ3n) is 6.34. The molecule has 3 heteroatoms. The summed E-state index contributed by atoms with van der Waals surface area (Å²) in [4.78, 5) is 11.3. The molecule has 5 rings (SSSR count). The first-order chi connectivity index (χ1) is 11.0. The van der Waals surface area contributed by atoms with E-state index in [2.05, 4.69) is 12.6 Å². The lowest BCUT2D eigenvalue weighted by molar-refractivity contribution is -0.131. The molecule has 4 fully saturated rings. The zero-order valence-corrected chi connectivity index (χ0v) is 13.9. The van der Waals surface area contributed by atoms with E-state index in [0.29, 0.717) is 17.6 Å². The zero-order chi connectivity index (χ0) is 16.2. The highest BCUT2D eigenvalue weighted by molar-refractivity contribution is 5.69. The first kappa shape index (κ1) is 14.9. The maximum absolute atomic E-state index is 11.3. The first-order valence-electron chi connectivity index (χ1n) is 8.51. The van der Waals surface area contributed by atoms with Gasteiger partial charge in [0.1, 0.15) is 5.75 Å². The van der Waals surface area contributed by atoms with Gasteiger partial charge in [-0.3, -0.25) is 4.79 Å². The highest BCUT2D eigenvalue weighted by Gasteiger charge is 2.61. The molecule has 1 aromatic rings. The van der Waals surface area contributed by atoms with Gasteiger partial charge in [0.05, 0.1) is 5.60 Å². The second-order valence-corrected chi connectivity index (χ2v) is 7.66. The molecule has 4 bridgehead atoms. The highest BCUT2D eigenvalue weighted by Crippen LogP contribution is 2.65. The van der Waals surface area contributed by atoms with E-state index in [-0.39, 0.29) is 17.0 Å². The lowest BCUT2D eigenvalue weighted by atomic mass is 9.44. The van der Waals surface area contributed by atoms with Gasteiger partial charge in [0, 0.05) is 19.4 Å². The average molecular weight is 312 g/mol. The molecule has 0 aliphatic heterocycles. The molecule has 1 aromatic carbocycles. The topological polar surface area (TPSA) is 35.5 Å². The van der Waals surface area contributed by atoms with Gasteiger partial charge in [0.25, 0.3) is 0 Å². The van der Waals surface area contributed by atoms with Crippen molar-refractivity contribution in [2.75, 3.05) is 7.11 Å². The predicted octanol–water partition coefficient (Wildman–Crippen LogP) is 4.01. The molecule has 4 saturated carbocycles. The Bertz CT molecular complexity index is 661. The number of benzene rings is 1. The van der Waals surface area contributed by atoms with Crippen LogP contribution in [0.25, 0.3) is 0 Å². The summed E-state index contributed by atoms with van der Waals surface area (Å²) in [5, 5.41) is 0. The second kappa shape index (κ2) is 4.94. The van der Waals surface area contributed by atoms with Crippen LogP contribution in [0.15, 0.2) is 36.4 Å². The molecule has 0 radical (unpaired) electrons. The number of ether oxygens (including phenoxy) is 2. The molecule has 0 saturated heterocycles. The molecule has 0 aromatic heterocycles.